The molecule has 0 N–H and O–H groups in total. The van der Waals surface area contributed by atoms with Gasteiger partial charge in [0, 0.05) is 22.5 Å². The van der Waals surface area contributed by atoms with E-state index in [1.165, 1.54) is 136 Å². The molecular weight excluding hydrogens is 711 g/mol. The largest absolute Gasteiger partial charge is 0.310 e. The van der Waals surface area contributed by atoms with Crippen LogP contribution in [0.15, 0.2) is 164 Å². The molecular formula is C58H55N. The van der Waals surface area contributed by atoms with Crippen LogP contribution in [0.4, 0.5) is 17.1 Å². The lowest BCUT2D eigenvalue weighted by Crippen LogP contribution is -2.16. The molecule has 11 rings (SSSR count). The van der Waals surface area contributed by atoms with Crippen molar-refractivity contribution in [2.24, 2.45) is 11.8 Å². The molecule has 7 aromatic carbocycles. The van der Waals surface area contributed by atoms with E-state index < -0.39 is 0 Å². The van der Waals surface area contributed by atoms with E-state index in [9.17, 15) is 0 Å². The minimum absolute atomic E-state index is 0.124. The van der Waals surface area contributed by atoms with Crippen molar-refractivity contribution in [3.05, 3.63) is 186 Å². The highest BCUT2D eigenvalue weighted by Gasteiger charge is 2.40. The number of nitrogens with zero attached hydrogens (tertiary/aromatic N) is 1. The predicted octanol–water partition coefficient (Wildman–Crippen LogP) is 16.4. The quantitative estimate of drug-likeness (QED) is 0.149. The molecule has 3 saturated carbocycles. The van der Waals surface area contributed by atoms with Gasteiger partial charge in [-0.3, -0.25) is 0 Å². The Hall–Kier alpha value is -5.66. The van der Waals surface area contributed by atoms with Gasteiger partial charge in [-0.25, -0.2) is 0 Å². The van der Waals surface area contributed by atoms with E-state index in [2.05, 4.69) is 183 Å². The van der Waals surface area contributed by atoms with E-state index in [0.29, 0.717) is 5.92 Å². The highest BCUT2D eigenvalue weighted by atomic mass is 15.1. The lowest BCUT2D eigenvalue weighted by Gasteiger charge is -2.29. The van der Waals surface area contributed by atoms with E-state index in [0.717, 1.165) is 17.8 Å². The summed E-state index contributed by atoms with van der Waals surface area (Å²) in [5, 5.41) is 0. The molecule has 0 aliphatic heterocycles. The van der Waals surface area contributed by atoms with Crippen LogP contribution < -0.4 is 4.90 Å². The fraction of sp³-hybridized carbons (Fsp3) is 0.276. The van der Waals surface area contributed by atoms with Crippen molar-refractivity contribution in [1.82, 2.24) is 0 Å². The van der Waals surface area contributed by atoms with Crippen molar-refractivity contribution in [2.75, 3.05) is 4.90 Å². The van der Waals surface area contributed by atoms with Crippen molar-refractivity contribution in [3.8, 4) is 44.5 Å². The molecule has 2 bridgehead atoms. The van der Waals surface area contributed by atoms with Gasteiger partial charge in [-0.2, -0.15) is 0 Å². The highest BCUT2D eigenvalue weighted by Crippen LogP contribution is 2.54. The first-order chi connectivity index (χ1) is 29.0. The van der Waals surface area contributed by atoms with E-state index in [-0.39, 0.29) is 5.41 Å². The van der Waals surface area contributed by atoms with Crippen LogP contribution in [0.3, 0.4) is 0 Å². The van der Waals surface area contributed by atoms with Crippen molar-refractivity contribution < 1.29 is 0 Å². The fourth-order valence-corrected chi connectivity index (χ4v) is 11.7. The molecule has 292 valence electrons. The van der Waals surface area contributed by atoms with Crippen LogP contribution >= 0.6 is 0 Å². The van der Waals surface area contributed by atoms with E-state index >= 15 is 0 Å². The minimum atomic E-state index is -0.124. The Balaban J connectivity index is 0.925. The number of hydrogen-bond acceptors (Lipinski definition) is 1. The summed E-state index contributed by atoms with van der Waals surface area (Å²) in [5.41, 5.74) is 19.6. The fourth-order valence-electron chi connectivity index (χ4n) is 11.7. The summed E-state index contributed by atoms with van der Waals surface area (Å²) in [6.45, 7) is 4.80. The van der Waals surface area contributed by atoms with Gasteiger partial charge in [0.25, 0.3) is 0 Å². The summed E-state index contributed by atoms with van der Waals surface area (Å²) in [6.07, 6.45) is 12.4. The number of anilines is 3. The molecule has 3 atom stereocenters. The summed E-state index contributed by atoms with van der Waals surface area (Å²) in [6, 6.07) is 62.4. The maximum Gasteiger partial charge on any atom is 0.0465 e. The summed E-state index contributed by atoms with van der Waals surface area (Å²) in [5.74, 6) is 3.34. The second-order valence-electron chi connectivity index (χ2n) is 18.8. The maximum atomic E-state index is 2.48. The molecule has 7 aromatic rings. The average molecular weight is 766 g/mol. The van der Waals surface area contributed by atoms with Gasteiger partial charge in [-0.15, -0.1) is 0 Å². The molecule has 0 heterocycles. The second-order valence-corrected chi connectivity index (χ2v) is 18.8. The number of hydrogen-bond donors (Lipinski definition) is 0. The first-order valence-electron chi connectivity index (χ1n) is 22.5. The summed E-state index contributed by atoms with van der Waals surface area (Å²) < 4.78 is 0. The van der Waals surface area contributed by atoms with Crippen molar-refractivity contribution in [3.63, 3.8) is 0 Å². The number of fused-ring (bicyclic) bond motifs is 5. The van der Waals surface area contributed by atoms with E-state index in [4.69, 9.17) is 0 Å². The summed E-state index contributed by atoms with van der Waals surface area (Å²) >= 11 is 0. The molecule has 1 nitrogen and oxygen atoms in total. The molecule has 0 radical (unpaired) electrons. The second kappa shape index (κ2) is 14.9. The van der Waals surface area contributed by atoms with E-state index in [1.54, 1.807) is 5.56 Å². The third kappa shape index (κ3) is 6.64. The molecule has 3 fully saturated rings. The van der Waals surface area contributed by atoms with Gasteiger partial charge in [0.2, 0.25) is 0 Å². The zero-order valence-electron chi connectivity index (χ0n) is 34.7. The normalized spacial score (nSPS) is 20.3. The summed E-state index contributed by atoms with van der Waals surface area (Å²) in [4.78, 5) is 2.48. The van der Waals surface area contributed by atoms with Crippen molar-refractivity contribution in [1.29, 1.82) is 0 Å². The number of rotatable bonds is 8. The first kappa shape index (κ1) is 36.4. The molecule has 3 unspecified atom stereocenters. The van der Waals surface area contributed by atoms with Crippen LogP contribution in [0.25, 0.3) is 44.5 Å². The van der Waals surface area contributed by atoms with Gasteiger partial charge < -0.3 is 4.90 Å². The Morgan fingerprint density at radius 1 is 0.424 bits per heavy atom. The molecule has 0 amide bonds. The average Bonchev–Trinajstić information content (AvgIpc) is 4.00. The standard InChI is InChI=1S/C58H55N/c1-58(2)56-34-27-48(46-17-15-42(16-18-46)40-9-5-3-6-10-40)37-55(56)53-33-32-52(38-57(53)58)59(50-28-23-44(24-29-50)41-11-7-4-8-12-41)51-30-25-45(26-31-51)43-19-21-47(22-20-43)54-36-39-13-14-49(54)35-39/h3,5-6,9-10,15-34,37-39,41,49,54H,4,7-8,11-14,35-36H2,1-2H3. The molecule has 4 aliphatic rings. The minimum Gasteiger partial charge on any atom is -0.310 e. The zero-order valence-corrected chi connectivity index (χ0v) is 34.7. The van der Waals surface area contributed by atoms with Crippen LogP contribution in [-0.2, 0) is 5.41 Å². The Bertz CT molecular complexity index is 2590. The molecule has 0 saturated heterocycles. The van der Waals surface area contributed by atoms with Gasteiger partial charge in [0.15, 0.2) is 0 Å². The molecule has 0 aromatic heterocycles. The monoisotopic (exact) mass is 765 g/mol. The zero-order chi connectivity index (χ0) is 39.5. The van der Waals surface area contributed by atoms with Gasteiger partial charge in [-0.1, -0.05) is 161 Å². The SMILES string of the molecule is CC1(C)c2ccc(-c3ccc(-c4ccccc4)cc3)cc2-c2ccc(N(c3ccc(-c4ccc(C5CC6CCC5C6)cc4)cc3)c3ccc(C4CCCCC4)cc3)cc21. The lowest BCUT2D eigenvalue weighted by atomic mass is 9.82. The van der Waals surface area contributed by atoms with E-state index in [1.807, 2.05) is 0 Å². The highest BCUT2D eigenvalue weighted by molar-refractivity contribution is 5.88. The Labute approximate surface area is 351 Å². The van der Waals surface area contributed by atoms with Crippen LogP contribution in [0, 0.1) is 11.8 Å². The van der Waals surface area contributed by atoms with Gasteiger partial charge in [0.05, 0.1) is 0 Å². The van der Waals surface area contributed by atoms with Crippen LogP contribution in [-0.4, -0.2) is 0 Å². The van der Waals surface area contributed by atoms with Crippen molar-refractivity contribution in [2.45, 2.75) is 88.9 Å². The maximum absolute atomic E-state index is 2.48. The summed E-state index contributed by atoms with van der Waals surface area (Å²) in [7, 11) is 0. The first-order valence-corrected chi connectivity index (χ1v) is 22.5. The molecule has 1 heteroatoms. The third-order valence-electron chi connectivity index (χ3n) is 15.0. The Kier molecular flexibility index (Phi) is 9.18. The third-order valence-corrected chi connectivity index (χ3v) is 15.0. The Morgan fingerprint density at radius 2 is 0.983 bits per heavy atom. The molecule has 0 spiro atoms. The lowest BCUT2D eigenvalue weighted by molar-refractivity contribution is 0.420. The smallest absolute Gasteiger partial charge is 0.0465 e. The van der Waals surface area contributed by atoms with Crippen LogP contribution in [0.1, 0.15) is 106 Å². The van der Waals surface area contributed by atoms with Crippen molar-refractivity contribution >= 4 is 17.1 Å². The topological polar surface area (TPSA) is 3.24 Å². The number of benzene rings is 7. The van der Waals surface area contributed by atoms with Gasteiger partial charge in [0.1, 0.15) is 0 Å². The predicted molar refractivity (Wildman–Crippen MR) is 249 cm³/mol. The Morgan fingerprint density at radius 3 is 1.63 bits per heavy atom. The van der Waals surface area contributed by atoms with Gasteiger partial charge >= 0.3 is 0 Å². The van der Waals surface area contributed by atoms with Crippen LogP contribution in [0.5, 0.6) is 0 Å². The van der Waals surface area contributed by atoms with Crippen LogP contribution in [0.2, 0.25) is 0 Å². The van der Waals surface area contributed by atoms with Gasteiger partial charge in [-0.05, 0) is 165 Å². The molecule has 4 aliphatic carbocycles. The molecule has 59 heavy (non-hydrogen) atoms.